The number of aliphatic hydroxyl groups is 1. The van der Waals surface area contributed by atoms with Gasteiger partial charge in [0.25, 0.3) is 5.69 Å². The van der Waals surface area contributed by atoms with Crippen LogP contribution in [0.5, 0.6) is 0 Å². The molecule has 8 heteroatoms. The summed E-state index contributed by atoms with van der Waals surface area (Å²) in [6, 6.07) is 5.15. The van der Waals surface area contributed by atoms with Gasteiger partial charge in [-0.15, -0.1) is 0 Å². The summed E-state index contributed by atoms with van der Waals surface area (Å²) in [5, 5.41) is 20.7. The Bertz CT molecular complexity index is 571. The molecule has 0 amide bonds. The molecule has 0 aliphatic rings. The third-order valence-corrected chi connectivity index (χ3v) is 7.43. The minimum Gasteiger partial charge on any atom is -0.386 e. The van der Waals surface area contributed by atoms with E-state index in [4.69, 9.17) is 0 Å². The second-order valence-corrected chi connectivity index (χ2v) is 8.38. The van der Waals surface area contributed by atoms with E-state index in [1.54, 1.807) is 6.92 Å². The lowest BCUT2D eigenvalue weighted by Crippen LogP contribution is -2.37. The zero-order valence-electron chi connectivity index (χ0n) is 10.4. The minimum atomic E-state index is -3.56. The Morgan fingerprint density at radius 2 is 1.89 bits per heavy atom. The quantitative estimate of drug-likeness (QED) is 0.498. The van der Waals surface area contributed by atoms with Gasteiger partial charge in [0.15, 0.2) is 13.5 Å². The van der Waals surface area contributed by atoms with Crippen molar-refractivity contribution in [3.63, 3.8) is 0 Å². The Kier molecular flexibility index (Phi) is 4.70. The van der Waals surface area contributed by atoms with Gasteiger partial charge >= 0.3 is 0 Å². The standard InChI is InChI=1S/C11H14BrNO5S/c1-3-11(12,19(2,17)18)10(14)8-4-6-9(7-5-8)13(15)16/h4-7,10,14H,3H2,1-2H3/t10-,11+/m0/s1. The molecule has 0 aliphatic heterocycles. The molecule has 0 saturated carbocycles. The topological polar surface area (TPSA) is 97.5 Å². The highest BCUT2D eigenvalue weighted by atomic mass is 79.9. The van der Waals surface area contributed by atoms with Crippen molar-refractivity contribution in [1.29, 1.82) is 0 Å². The first-order valence-corrected chi connectivity index (χ1v) is 8.13. The van der Waals surface area contributed by atoms with E-state index in [-0.39, 0.29) is 12.1 Å². The summed E-state index contributed by atoms with van der Waals surface area (Å²) in [4.78, 5) is 9.97. The molecule has 6 nitrogen and oxygen atoms in total. The van der Waals surface area contributed by atoms with Gasteiger partial charge in [-0.25, -0.2) is 8.42 Å². The predicted molar refractivity (Wildman–Crippen MR) is 74.8 cm³/mol. The number of aliphatic hydroxyl groups excluding tert-OH is 1. The van der Waals surface area contributed by atoms with E-state index in [0.717, 1.165) is 6.26 Å². The summed E-state index contributed by atoms with van der Waals surface area (Å²) < 4.78 is 22.0. The van der Waals surface area contributed by atoms with E-state index in [9.17, 15) is 23.6 Å². The van der Waals surface area contributed by atoms with Crippen LogP contribution < -0.4 is 0 Å². The first kappa shape index (κ1) is 16.1. The highest BCUT2D eigenvalue weighted by molar-refractivity contribution is 9.11. The molecular formula is C11H14BrNO5S. The maximum atomic E-state index is 11.8. The molecule has 0 aromatic heterocycles. The summed E-state index contributed by atoms with van der Waals surface area (Å²) in [6.07, 6.45) is -0.127. The van der Waals surface area contributed by atoms with Gasteiger partial charge in [0.2, 0.25) is 0 Å². The van der Waals surface area contributed by atoms with Crippen LogP contribution in [0.15, 0.2) is 24.3 Å². The van der Waals surface area contributed by atoms with Crippen molar-refractivity contribution in [2.45, 2.75) is 23.1 Å². The molecule has 0 fully saturated rings. The number of rotatable bonds is 5. The molecule has 1 rings (SSSR count). The molecule has 0 aliphatic carbocycles. The highest BCUT2D eigenvalue weighted by Crippen LogP contribution is 2.41. The molecular weight excluding hydrogens is 338 g/mol. The lowest BCUT2D eigenvalue weighted by molar-refractivity contribution is -0.384. The Morgan fingerprint density at radius 1 is 1.42 bits per heavy atom. The fraction of sp³-hybridized carbons (Fsp3) is 0.455. The molecule has 0 saturated heterocycles. The normalized spacial score (nSPS) is 16.6. The van der Waals surface area contributed by atoms with E-state index in [2.05, 4.69) is 15.9 Å². The smallest absolute Gasteiger partial charge is 0.269 e. The first-order valence-electron chi connectivity index (χ1n) is 5.44. The van der Waals surface area contributed by atoms with Crippen molar-refractivity contribution in [3.05, 3.63) is 39.9 Å². The molecule has 1 aromatic rings. The van der Waals surface area contributed by atoms with Gasteiger partial charge in [-0.1, -0.05) is 22.9 Å². The van der Waals surface area contributed by atoms with E-state index in [1.807, 2.05) is 0 Å². The molecule has 106 valence electrons. The number of halogens is 1. The maximum Gasteiger partial charge on any atom is 0.269 e. The van der Waals surface area contributed by atoms with E-state index >= 15 is 0 Å². The van der Waals surface area contributed by atoms with Gasteiger partial charge in [-0.2, -0.15) is 0 Å². The van der Waals surface area contributed by atoms with Gasteiger partial charge in [0.05, 0.1) is 4.92 Å². The molecule has 1 N–H and O–H groups in total. The molecule has 1 aromatic carbocycles. The van der Waals surface area contributed by atoms with E-state index in [1.165, 1.54) is 24.3 Å². The third-order valence-electron chi connectivity index (χ3n) is 2.93. The third kappa shape index (κ3) is 3.13. The van der Waals surface area contributed by atoms with Crippen molar-refractivity contribution in [2.75, 3.05) is 6.26 Å². The summed E-state index contributed by atoms with van der Waals surface area (Å²) in [7, 11) is -3.56. The first-order chi connectivity index (χ1) is 8.63. The lowest BCUT2D eigenvalue weighted by Gasteiger charge is -2.29. The summed E-state index contributed by atoms with van der Waals surface area (Å²) in [5.41, 5.74) is 0.182. The van der Waals surface area contributed by atoms with Crippen LogP contribution in [0.25, 0.3) is 0 Å². The van der Waals surface area contributed by atoms with Crippen LogP contribution in [0.3, 0.4) is 0 Å². The van der Waals surface area contributed by atoms with Crippen LogP contribution in [-0.4, -0.2) is 28.4 Å². The monoisotopic (exact) mass is 351 g/mol. The Labute approximate surface area is 119 Å². The highest BCUT2D eigenvalue weighted by Gasteiger charge is 2.44. The average Bonchev–Trinajstić information content (AvgIpc) is 2.35. The molecule has 0 spiro atoms. The zero-order valence-corrected chi connectivity index (χ0v) is 12.8. The van der Waals surface area contributed by atoms with Crippen molar-refractivity contribution in [1.82, 2.24) is 0 Å². The molecule has 0 bridgehead atoms. The predicted octanol–water partition coefficient (Wildman–Crippen LogP) is 2.17. The van der Waals surface area contributed by atoms with E-state index < -0.39 is 24.5 Å². The Hall–Kier alpha value is -0.990. The van der Waals surface area contributed by atoms with Gasteiger partial charge in [0.1, 0.15) is 6.10 Å². The van der Waals surface area contributed by atoms with Crippen LogP contribution >= 0.6 is 15.9 Å². The molecule has 2 atom stereocenters. The van der Waals surface area contributed by atoms with Crippen LogP contribution in [0.2, 0.25) is 0 Å². The fourth-order valence-corrected chi connectivity index (χ4v) is 3.02. The summed E-state index contributed by atoms with van der Waals surface area (Å²) in [6.45, 7) is 1.63. The van der Waals surface area contributed by atoms with Crippen LogP contribution in [-0.2, 0) is 9.84 Å². The van der Waals surface area contributed by atoms with Crippen molar-refractivity contribution < 1.29 is 18.4 Å². The van der Waals surface area contributed by atoms with Gasteiger partial charge in [0, 0.05) is 18.4 Å². The van der Waals surface area contributed by atoms with Crippen LogP contribution in [0, 0.1) is 10.1 Å². The number of benzene rings is 1. The number of sulfone groups is 1. The molecule has 0 unspecified atom stereocenters. The number of nitrogens with zero attached hydrogens (tertiary/aromatic N) is 1. The van der Waals surface area contributed by atoms with Crippen molar-refractivity contribution >= 4 is 31.5 Å². The van der Waals surface area contributed by atoms with Crippen LogP contribution in [0.4, 0.5) is 5.69 Å². The number of hydrogen-bond donors (Lipinski definition) is 1. The SMILES string of the molecule is CC[C@](Br)([C@@H](O)c1ccc([N+](=O)[O-])cc1)S(C)(=O)=O. The Morgan fingerprint density at radius 3 is 2.21 bits per heavy atom. The summed E-state index contributed by atoms with van der Waals surface area (Å²) >= 11 is 3.08. The average molecular weight is 352 g/mol. The van der Waals surface area contributed by atoms with Crippen molar-refractivity contribution in [3.8, 4) is 0 Å². The number of nitro groups is 1. The molecule has 19 heavy (non-hydrogen) atoms. The molecule has 0 radical (unpaired) electrons. The van der Waals surface area contributed by atoms with Gasteiger partial charge < -0.3 is 5.11 Å². The Balaban J connectivity index is 3.19. The van der Waals surface area contributed by atoms with Gasteiger partial charge in [-0.3, -0.25) is 10.1 Å². The molecule has 0 heterocycles. The second-order valence-electron chi connectivity index (χ2n) is 4.16. The fourth-order valence-electron chi connectivity index (χ4n) is 1.69. The van der Waals surface area contributed by atoms with E-state index in [0.29, 0.717) is 5.56 Å². The van der Waals surface area contributed by atoms with Crippen LogP contribution in [0.1, 0.15) is 25.0 Å². The number of non-ortho nitro benzene ring substituents is 1. The number of nitro benzene ring substituents is 1. The lowest BCUT2D eigenvalue weighted by atomic mass is 10.0. The second kappa shape index (κ2) is 5.56. The zero-order chi connectivity index (χ0) is 14.8. The maximum absolute atomic E-state index is 11.8. The largest absolute Gasteiger partial charge is 0.386 e. The number of alkyl halides is 1. The summed E-state index contributed by atoms with van der Waals surface area (Å²) in [5.74, 6) is 0. The van der Waals surface area contributed by atoms with Crippen molar-refractivity contribution in [2.24, 2.45) is 0 Å². The minimum absolute atomic E-state index is 0.119. The number of hydrogen-bond acceptors (Lipinski definition) is 5. The van der Waals surface area contributed by atoms with Gasteiger partial charge in [-0.05, 0) is 24.1 Å².